The third kappa shape index (κ3) is 4.86. The molecule has 26 heavy (non-hydrogen) atoms. The summed E-state index contributed by atoms with van der Waals surface area (Å²) in [5.74, 6) is -27.3. The second kappa shape index (κ2) is 8.14. The molecule has 0 aliphatic carbocycles. The van der Waals surface area contributed by atoms with E-state index in [-0.39, 0.29) is 19.3 Å². The molecule has 0 spiro atoms. The van der Waals surface area contributed by atoms with Gasteiger partial charge >= 0.3 is 29.9 Å². The molecule has 0 aliphatic heterocycles. The molecule has 158 valence electrons. The fourth-order valence-corrected chi connectivity index (χ4v) is 3.06. The van der Waals surface area contributed by atoms with Crippen LogP contribution in [0.4, 0.5) is 48.3 Å². The van der Waals surface area contributed by atoms with E-state index in [1.807, 2.05) is 0 Å². The van der Waals surface area contributed by atoms with Gasteiger partial charge in [-0.1, -0.05) is 55.7 Å². The van der Waals surface area contributed by atoms with Gasteiger partial charge in [-0.05, 0) is 12.8 Å². The smallest absolute Gasteiger partial charge is 0.200 e. The Bertz CT molecular complexity index is 458. The van der Waals surface area contributed by atoms with Gasteiger partial charge in [0.2, 0.25) is 0 Å². The summed E-state index contributed by atoms with van der Waals surface area (Å²) in [5, 5.41) is 0. The second-order valence-electron chi connectivity index (χ2n) is 6.06. The van der Waals surface area contributed by atoms with E-state index in [9.17, 15) is 48.3 Å². The van der Waals surface area contributed by atoms with Crippen LogP contribution in [-0.4, -0.2) is 33.3 Å². The van der Waals surface area contributed by atoms with Crippen molar-refractivity contribution in [2.24, 2.45) is 0 Å². The van der Waals surface area contributed by atoms with E-state index in [2.05, 4.69) is 0 Å². The number of rotatable bonds is 10. The minimum atomic E-state index is -7.32. The Balaban J connectivity index is 5.79. The first kappa shape index (κ1) is 26.0. The zero-order valence-corrected chi connectivity index (χ0v) is 15.9. The zero-order valence-electron chi connectivity index (χ0n) is 13.8. The molecule has 0 radical (unpaired) electrons. The van der Waals surface area contributed by atoms with Crippen LogP contribution >= 0.6 is 22.6 Å². The highest BCUT2D eigenvalue weighted by Gasteiger charge is 2.87. The van der Waals surface area contributed by atoms with Gasteiger partial charge in [-0.25, -0.2) is 0 Å². The van der Waals surface area contributed by atoms with E-state index in [1.54, 1.807) is 6.92 Å². The predicted octanol–water partition coefficient (Wildman–Crippen LogP) is 7.64. The van der Waals surface area contributed by atoms with Crippen molar-refractivity contribution in [3.05, 3.63) is 0 Å². The normalized spacial score (nSPS) is 17.3. The summed E-state index contributed by atoms with van der Waals surface area (Å²) in [6.07, 6.45) is -7.94. The van der Waals surface area contributed by atoms with Crippen molar-refractivity contribution in [1.82, 2.24) is 0 Å². The number of alkyl halides is 12. The molecule has 12 heteroatoms. The zero-order chi connectivity index (χ0) is 21.2. The van der Waals surface area contributed by atoms with E-state index in [4.69, 9.17) is 0 Å². The van der Waals surface area contributed by atoms with Gasteiger partial charge in [0.15, 0.2) is 0 Å². The summed E-state index contributed by atoms with van der Waals surface area (Å²) in [7, 11) is 0. The maximum atomic E-state index is 13.9. The lowest BCUT2D eigenvalue weighted by Gasteiger charge is -2.40. The predicted molar refractivity (Wildman–Crippen MR) is 81.6 cm³/mol. The van der Waals surface area contributed by atoms with Gasteiger partial charge in [0, 0.05) is 9.84 Å². The van der Waals surface area contributed by atoms with Crippen LogP contribution in [-0.2, 0) is 0 Å². The maximum absolute atomic E-state index is 13.9. The molecule has 0 saturated heterocycles. The quantitative estimate of drug-likeness (QED) is 0.120. The summed E-state index contributed by atoms with van der Waals surface area (Å²) < 4.78 is 141. The van der Waals surface area contributed by atoms with Crippen LogP contribution in [0.25, 0.3) is 0 Å². The summed E-state index contributed by atoms with van der Waals surface area (Å²) in [4.78, 5) is 0. The van der Waals surface area contributed by atoms with Gasteiger partial charge in [-0.15, -0.1) is 0 Å². The van der Waals surface area contributed by atoms with Gasteiger partial charge in [0.05, 0.1) is 0 Å². The molecule has 0 amide bonds. The lowest BCUT2D eigenvalue weighted by Crippen LogP contribution is -2.67. The van der Waals surface area contributed by atoms with Crippen LogP contribution < -0.4 is 0 Å². The van der Waals surface area contributed by atoms with E-state index in [0.29, 0.717) is 12.8 Å². The van der Waals surface area contributed by atoms with E-state index in [0.717, 1.165) is 0 Å². The first-order valence-corrected chi connectivity index (χ1v) is 8.67. The molecule has 0 heterocycles. The molecule has 0 aromatic rings. The Morgan fingerprint density at radius 3 is 1.46 bits per heavy atom. The minimum absolute atomic E-state index is 0.106. The second-order valence-corrected chi connectivity index (χ2v) is 8.35. The number of unbranched alkanes of at least 4 members (excludes halogenated alkanes) is 2. The van der Waals surface area contributed by atoms with Crippen molar-refractivity contribution >= 4 is 22.6 Å². The average molecular weight is 522 g/mol. The molecule has 0 saturated carbocycles. The van der Waals surface area contributed by atoms with Crippen LogP contribution in [0.15, 0.2) is 0 Å². The fraction of sp³-hybridized carbons (Fsp3) is 1.00. The fourth-order valence-electron chi connectivity index (χ4n) is 2.20. The third-order valence-corrected chi connectivity index (χ3v) is 5.69. The van der Waals surface area contributed by atoms with Crippen LogP contribution in [0, 0.1) is 0 Å². The maximum Gasteiger partial charge on any atom is 0.460 e. The Morgan fingerprint density at radius 1 is 0.654 bits per heavy atom. The Labute approximate surface area is 157 Å². The molecule has 1 atom stereocenters. The topological polar surface area (TPSA) is 0 Å². The van der Waals surface area contributed by atoms with Crippen molar-refractivity contribution in [3.63, 3.8) is 0 Å². The first-order chi connectivity index (χ1) is 11.3. The highest BCUT2D eigenvalue weighted by atomic mass is 127. The highest BCUT2D eigenvalue weighted by Crippen LogP contribution is 2.59. The monoisotopic (exact) mass is 522 g/mol. The van der Waals surface area contributed by atoms with Gasteiger partial charge < -0.3 is 0 Å². The van der Waals surface area contributed by atoms with Crippen LogP contribution in [0.2, 0.25) is 0 Å². The number of hydrogen-bond acceptors (Lipinski definition) is 0. The van der Waals surface area contributed by atoms with Crippen LogP contribution in [0.3, 0.4) is 0 Å². The molecule has 0 aromatic heterocycles. The molecular formula is C14H18F11I. The van der Waals surface area contributed by atoms with Gasteiger partial charge in [-0.3, -0.25) is 0 Å². The lowest BCUT2D eigenvalue weighted by molar-refractivity contribution is -0.422. The molecule has 0 fully saturated rings. The van der Waals surface area contributed by atoms with Crippen LogP contribution in [0.5, 0.6) is 0 Å². The minimum Gasteiger partial charge on any atom is -0.200 e. The molecular weight excluding hydrogens is 504 g/mol. The molecule has 0 N–H and O–H groups in total. The SMILES string of the molecule is CCCCCC(I)(CC)CC(F)(F)C(F)(F)C(F)(F)C(F)(F)C(F)(F)F. The number of hydrogen-bond donors (Lipinski definition) is 0. The van der Waals surface area contributed by atoms with Crippen molar-refractivity contribution in [2.45, 2.75) is 85.7 Å². The Kier molecular flexibility index (Phi) is 8.13. The molecule has 0 nitrogen and oxygen atoms in total. The van der Waals surface area contributed by atoms with Crippen molar-refractivity contribution in [1.29, 1.82) is 0 Å². The Morgan fingerprint density at radius 2 is 1.12 bits per heavy atom. The molecule has 0 aliphatic rings. The average Bonchev–Trinajstić information content (AvgIpc) is 2.45. The first-order valence-electron chi connectivity index (χ1n) is 7.60. The van der Waals surface area contributed by atoms with Crippen LogP contribution in [0.1, 0.15) is 52.4 Å². The largest absolute Gasteiger partial charge is 0.460 e. The molecule has 0 rings (SSSR count). The van der Waals surface area contributed by atoms with E-state index >= 15 is 0 Å². The summed E-state index contributed by atoms with van der Waals surface area (Å²) in [5.41, 5.74) is 0. The molecule has 0 bridgehead atoms. The van der Waals surface area contributed by atoms with E-state index < -0.39 is 39.7 Å². The van der Waals surface area contributed by atoms with E-state index in [1.165, 1.54) is 29.5 Å². The third-order valence-electron chi connectivity index (χ3n) is 4.00. The standard InChI is InChI=1S/C14H18F11I/c1-3-5-6-7-9(26,4-2)8-10(15,16)11(17,18)12(19,20)13(21,22)14(23,24)25/h3-8H2,1-2H3. The highest BCUT2D eigenvalue weighted by molar-refractivity contribution is 14.1. The van der Waals surface area contributed by atoms with Crippen molar-refractivity contribution in [3.8, 4) is 0 Å². The summed E-state index contributed by atoms with van der Waals surface area (Å²) >= 11 is 1.34. The summed E-state index contributed by atoms with van der Waals surface area (Å²) in [6.45, 7) is 3.05. The molecule has 0 aromatic carbocycles. The summed E-state index contributed by atoms with van der Waals surface area (Å²) in [6, 6.07) is 0. The van der Waals surface area contributed by atoms with Gasteiger partial charge in [0.25, 0.3) is 0 Å². The Hall–Kier alpha value is -0.0400. The van der Waals surface area contributed by atoms with Gasteiger partial charge in [-0.2, -0.15) is 48.3 Å². The van der Waals surface area contributed by atoms with Gasteiger partial charge in [0.1, 0.15) is 0 Å². The number of halogens is 12. The van der Waals surface area contributed by atoms with Crippen molar-refractivity contribution < 1.29 is 48.3 Å². The lowest BCUT2D eigenvalue weighted by atomic mass is 9.87. The van der Waals surface area contributed by atoms with Crippen molar-refractivity contribution in [2.75, 3.05) is 0 Å². The molecule has 1 unspecified atom stereocenters.